The fraction of sp³-hybridized carbons (Fsp3) is 0.323. The van der Waals surface area contributed by atoms with Crippen LogP contribution in [0.15, 0.2) is 109 Å². The summed E-state index contributed by atoms with van der Waals surface area (Å²) in [6.45, 7) is 22.8. The second-order valence-electron chi connectivity index (χ2n) is 12.1. The summed E-state index contributed by atoms with van der Waals surface area (Å²) in [7, 11) is -3.72. The van der Waals surface area contributed by atoms with Gasteiger partial charge in [-0.05, 0) is 47.1 Å². The predicted octanol–water partition coefficient (Wildman–Crippen LogP) is 7.89. The van der Waals surface area contributed by atoms with Crippen LogP contribution in [0.5, 0.6) is 0 Å². The molecular formula is C31H41O2PSi2. The Hall–Kier alpha value is -2.27. The zero-order valence-corrected chi connectivity index (χ0v) is 25.6. The van der Waals surface area contributed by atoms with Crippen LogP contribution in [-0.4, -0.2) is 28.2 Å². The Morgan fingerprint density at radius 3 is 1.69 bits per heavy atom. The molecule has 1 atom stereocenters. The van der Waals surface area contributed by atoms with Crippen molar-refractivity contribution in [2.24, 2.45) is 5.92 Å². The van der Waals surface area contributed by atoms with Gasteiger partial charge in [-0.25, -0.2) is 0 Å². The van der Waals surface area contributed by atoms with Gasteiger partial charge in [0, 0.05) is 16.1 Å². The SMILES string of the molecule is C=C(C[Si](C)(C)C)C(OC(=O)C1C=CC=C1P(c1ccccc1)c1ccccc1)C(=C)C[Si](C)(C)C. The zero-order valence-electron chi connectivity index (χ0n) is 22.8. The van der Waals surface area contributed by atoms with Crippen molar-refractivity contribution >= 4 is 40.6 Å². The van der Waals surface area contributed by atoms with Crippen LogP contribution in [0, 0.1) is 5.92 Å². The van der Waals surface area contributed by atoms with E-state index in [0.717, 1.165) is 28.5 Å². The molecule has 0 aromatic heterocycles. The molecule has 0 fully saturated rings. The molecular weight excluding hydrogens is 491 g/mol. The normalized spacial score (nSPS) is 15.8. The molecule has 0 N–H and O–H groups in total. The first-order valence-electron chi connectivity index (χ1n) is 12.7. The molecule has 0 radical (unpaired) electrons. The highest BCUT2D eigenvalue weighted by Crippen LogP contribution is 2.49. The van der Waals surface area contributed by atoms with E-state index in [0.29, 0.717) is 0 Å². The lowest BCUT2D eigenvalue weighted by Gasteiger charge is -2.30. The molecule has 190 valence electrons. The number of esters is 1. The van der Waals surface area contributed by atoms with Gasteiger partial charge in [0.05, 0.1) is 0 Å². The highest BCUT2D eigenvalue weighted by atomic mass is 31.1. The van der Waals surface area contributed by atoms with Crippen LogP contribution >= 0.6 is 7.92 Å². The second-order valence-corrected chi connectivity index (χ2v) is 25.2. The minimum atomic E-state index is -1.43. The van der Waals surface area contributed by atoms with Gasteiger partial charge in [-0.15, -0.1) is 0 Å². The van der Waals surface area contributed by atoms with Crippen LogP contribution in [0.2, 0.25) is 51.4 Å². The van der Waals surface area contributed by atoms with E-state index in [4.69, 9.17) is 4.74 Å². The van der Waals surface area contributed by atoms with E-state index in [1.807, 2.05) is 24.3 Å². The standard InChI is InChI=1S/C31H41O2PSi2/c1-24(22-35(3,4)5)30(25(2)23-36(6,7)8)33-31(32)28-20-15-21-29(28)34(26-16-11-9-12-17-26)27-18-13-10-14-19-27/h9-21,28,30H,1-2,22-23H2,3-8H3. The number of hydrogen-bond acceptors (Lipinski definition) is 2. The minimum absolute atomic E-state index is 0.201. The van der Waals surface area contributed by atoms with Crippen LogP contribution in [0.4, 0.5) is 0 Å². The fourth-order valence-electron chi connectivity index (χ4n) is 4.67. The van der Waals surface area contributed by atoms with Crippen molar-refractivity contribution in [1.82, 2.24) is 0 Å². The highest BCUT2D eigenvalue weighted by Gasteiger charge is 2.35. The molecule has 0 spiro atoms. The van der Waals surface area contributed by atoms with Gasteiger partial charge >= 0.3 is 5.97 Å². The van der Waals surface area contributed by atoms with Gasteiger partial charge < -0.3 is 4.74 Å². The predicted molar refractivity (Wildman–Crippen MR) is 164 cm³/mol. The highest BCUT2D eigenvalue weighted by molar-refractivity contribution is 7.76. The number of allylic oxidation sites excluding steroid dienone is 2. The van der Waals surface area contributed by atoms with E-state index in [1.165, 1.54) is 10.6 Å². The Kier molecular flexibility index (Phi) is 9.32. The third-order valence-corrected chi connectivity index (χ3v) is 11.5. The summed E-state index contributed by atoms with van der Waals surface area (Å²) in [5.41, 5.74) is 1.98. The lowest BCUT2D eigenvalue weighted by Crippen LogP contribution is -2.33. The fourth-order valence-corrected chi connectivity index (χ4v) is 10.3. The largest absolute Gasteiger partial charge is 0.453 e. The molecule has 2 nitrogen and oxygen atoms in total. The molecule has 0 amide bonds. The van der Waals surface area contributed by atoms with Gasteiger partial charge in [-0.2, -0.15) is 0 Å². The van der Waals surface area contributed by atoms with Crippen molar-refractivity contribution in [1.29, 1.82) is 0 Å². The smallest absolute Gasteiger partial charge is 0.318 e. The zero-order chi connectivity index (χ0) is 26.5. The van der Waals surface area contributed by atoms with Crippen molar-refractivity contribution in [3.63, 3.8) is 0 Å². The van der Waals surface area contributed by atoms with Gasteiger partial charge in [-0.3, -0.25) is 4.79 Å². The number of carbonyl (C=O) groups is 1. The van der Waals surface area contributed by atoms with Gasteiger partial charge in [0.1, 0.15) is 12.0 Å². The third-order valence-electron chi connectivity index (χ3n) is 5.92. The van der Waals surface area contributed by atoms with Crippen molar-refractivity contribution in [3.8, 4) is 0 Å². The Balaban J connectivity index is 1.91. The van der Waals surface area contributed by atoms with Gasteiger partial charge in [-0.1, -0.05) is 131 Å². The number of rotatable bonds is 11. The van der Waals surface area contributed by atoms with E-state index in [-0.39, 0.29) is 5.97 Å². The lowest BCUT2D eigenvalue weighted by molar-refractivity contribution is -0.147. The Bertz CT molecular complexity index is 1070. The number of carbonyl (C=O) groups excluding carboxylic acids is 1. The van der Waals surface area contributed by atoms with E-state index in [2.05, 4.69) is 107 Å². The third kappa shape index (κ3) is 7.87. The van der Waals surface area contributed by atoms with Gasteiger partial charge in [0.2, 0.25) is 0 Å². The topological polar surface area (TPSA) is 26.3 Å². The molecule has 0 heterocycles. The van der Waals surface area contributed by atoms with Crippen LogP contribution in [0.3, 0.4) is 0 Å². The average molecular weight is 533 g/mol. The lowest BCUT2D eigenvalue weighted by atomic mass is 10.1. The molecule has 0 aliphatic heterocycles. The summed E-state index contributed by atoms with van der Waals surface area (Å²) in [5, 5.41) is 3.57. The summed E-state index contributed by atoms with van der Waals surface area (Å²) < 4.78 is 6.33. The minimum Gasteiger partial charge on any atom is -0.453 e. The van der Waals surface area contributed by atoms with E-state index in [1.54, 1.807) is 0 Å². The maximum atomic E-state index is 13.8. The molecule has 1 aliphatic carbocycles. The molecule has 0 bridgehead atoms. The molecule has 5 heteroatoms. The van der Waals surface area contributed by atoms with Crippen molar-refractivity contribution in [3.05, 3.63) is 109 Å². The Morgan fingerprint density at radius 2 is 1.28 bits per heavy atom. The first-order valence-corrected chi connectivity index (χ1v) is 21.5. The summed E-state index contributed by atoms with van der Waals surface area (Å²) in [5.74, 6) is -0.605. The average Bonchev–Trinajstić information content (AvgIpc) is 3.26. The number of ether oxygens (including phenoxy) is 1. The second kappa shape index (κ2) is 11.9. The summed E-state index contributed by atoms with van der Waals surface area (Å²) in [6, 6.07) is 22.8. The van der Waals surface area contributed by atoms with Crippen LogP contribution < -0.4 is 10.6 Å². The quantitative estimate of drug-likeness (QED) is 0.127. The summed E-state index contributed by atoms with van der Waals surface area (Å²) in [4.78, 5) is 13.8. The monoisotopic (exact) mass is 532 g/mol. The van der Waals surface area contributed by atoms with Crippen LogP contribution in [-0.2, 0) is 9.53 Å². The van der Waals surface area contributed by atoms with E-state index < -0.39 is 36.1 Å². The summed E-state index contributed by atoms with van der Waals surface area (Å²) in [6.07, 6.45) is 5.68. The van der Waals surface area contributed by atoms with Crippen LogP contribution in [0.25, 0.3) is 0 Å². The van der Waals surface area contributed by atoms with Crippen molar-refractivity contribution in [2.45, 2.75) is 57.5 Å². The Morgan fingerprint density at radius 1 is 0.833 bits per heavy atom. The maximum Gasteiger partial charge on any atom is 0.318 e. The first-order chi connectivity index (χ1) is 16.9. The molecule has 2 aromatic carbocycles. The maximum absolute atomic E-state index is 13.8. The number of hydrogen-bond donors (Lipinski definition) is 0. The van der Waals surface area contributed by atoms with E-state index >= 15 is 0 Å². The number of benzene rings is 2. The Labute approximate surface area is 221 Å². The molecule has 0 saturated carbocycles. The summed E-state index contributed by atoms with van der Waals surface area (Å²) >= 11 is 0. The van der Waals surface area contributed by atoms with E-state index in [9.17, 15) is 4.79 Å². The van der Waals surface area contributed by atoms with Gasteiger partial charge in [0.15, 0.2) is 0 Å². The molecule has 36 heavy (non-hydrogen) atoms. The molecule has 1 unspecified atom stereocenters. The van der Waals surface area contributed by atoms with Crippen LogP contribution in [0.1, 0.15) is 0 Å². The molecule has 2 aromatic rings. The van der Waals surface area contributed by atoms with Crippen molar-refractivity contribution < 1.29 is 9.53 Å². The first kappa shape index (κ1) is 28.3. The molecule has 3 rings (SSSR count). The molecule has 1 aliphatic rings. The van der Waals surface area contributed by atoms with Crippen molar-refractivity contribution in [2.75, 3.05) is 0 Å². The molecule has 0 saturated heterocycles. The van der Waals surface area contributed by atoms with Gasteiger partial charge in [0.25, 0.3) is 0 Å².